The molecule has 0 aliphatic rings. The fourth-order valence-electron chi connectivity index (χ4n) is 2.65. The zero-order valence-electron chi connectivity index (χ0n) is 12.8. The van der Waals surface area contributed by atoms with Crippen molar-refractivity contribution in [2.75, 3.05) is 7.11 Å². The van der Waals surface area contributed by atoms with E-state index in [0.29, 0.717) is 16.7 Å². The van der Waals surface area contributed by atoms with E-state index in [0.717, 1.165) is 16.8 Å². The van der Waals surface area contributed by atoms with Crippen molar-refractivity contribution in [3.8, 4) is 5.75 Å². The first kappa shape index (κ1) is 14.4. The standard InChI is InChI=1S/C17H13FN4O2/c1-24-11-3-5-13-15(7-11)21-16(20-13)8-22-9-19-14-6-10(18)2-4-12(14)17(22)23/h2-7,9H,8H2,1H3,(H,20,21). The molecule has 24 heavy (non-hydrogen) atoms. The quantitative estimate of drug-likeness (QED) is 0.628. The first-order chi connectivity index (χ1) is 11.6. The van der Waals surface area contributed by atoms with Gasteiger partial charge in [-0.2, -0.15) is 0 Å². The van der Waals surface area contributed by atoms with Gasteiger partial charge in [-0.25, -0.2) is 14.4 Å². The van der Waals surface area contributed by atoms with Gasteiger partial charge in [0.15, 0.2) is 0 Å². The van der Waals surface area contributed by atoms with E-state index in [2.05, 4.69) is 15.0 Å². The second-order valence-electron chi connectivity index (χ2n) is 5.41. The number of fused-ring (bicyclic) bond motifs is 2. The molecule has 0 aliphatic carbocycles. The summed E-state index contributed by atoms with van der Waals surface area (Å²) < 4.78 is 19.8. The van der Waals surface area contributed by atoms with Gasteiger partial charge in [0.2, 0.25) is 0 Å². The van der Waals surface area contributed by atoms with Crippen LogP contribution in [0.5, 0.6) is 5.75 Å². The number of aromatic nitrogens is 4. The van der Waals surface area contributed by atoms with Crippen LogP contribution in [0, 0.1) is 5.82 Å². The Morgan fingerprint density at radius 1 is 1.21 bits per heavy atom. The minimum Gasteiger partial charge on any atom is -0.497 e. The molecule has 2 aromatic carbocycles. The van der Waals surface area contributed by atoms with E-state index < -0.39 is 5.82 Å². The Morgan fingerprint density at radius 2 is 2.08 bits per heavy atom. The number of rotatable bonds is 3. The number of imidazole rings is 1. The van der Waals surface area contributed by atoms with Crippen LogP contribution in [-0.2, 0) is 6.54 Å². The van der Waals surface area contributed by atoms with Crippen LogP contribution < -0.4 is 10.3 Å². The molecule has 4 rings (SSSR count). The molecule has 0 bridgehead atoms. The first-order valence-electron chi connectivity index (χ1n) is 7.31. The van der Waals surface area contributed by atoms with E-state index >= 15 is 0 Å². The van der Waals surface area contributed by atoms with E-state index in [1.807, 2.05) is 18.2 Å². The molecular weight excluding hydrogens is 311 g/mol. The summed E-state index contributed by atoms with van der Waals surface area (Å²) in [5.74, 6) is 0.936. The summed E-state index contributed by atoms with van der Waals surface area (Å²) in [5.41, 5.74) is 1.71. The second kappa shape index (κ2) is 5.45. The number of ether oxygens (including phenoxy) is 1. The molecule has 0 unspecified atom stereocenters. The third-order valence-electron chi connectivity index (χ3n) is 3.85. The van der Waals surface area contributed by atoms with Gasteiger partial charge in [-0.15, -0.1) is 0 Å². The molecular formula is C17H13FN4O2. The van der Waals surface area contributed by atoms with Gasteiger partial charge in [-0.1, -0.05) is 0 Å². The van der Waals surface area contributed by atoms with Crippen LogP contribution in [0.4, 0.5) is 4.39 Å². The molecule has 0 aliphatic heterocycles. The maximum Gasteiger partial charge on any atom is 0.261 e. The van der Waals surface area contributed by atoms with E-state index in [4.69, 9.17) is 4.74 Å². The predicted octanol–water partition coefficient (Wildman–Crippen LogP) is 2.47. The average molecular weight is 324 g/mol. The van der Waals surface area contributed by atoms with Crippen molar-refractivity contribution in [1.82, 2.24) is 19.5 Å². The topological polar surface area (TPSA) is 72.8 Å². The summed E-state index contributed by atoms with van der Waals surface area (Å²) >= 11 is 0. The Balaban J connectivity index is 1.75. The first-order valence-corrected chi connectivity index (χ1v) is 7.31. The normalized spacial score (nSPS) is 11.2. The Hall–Kier alpha value is -3.22. The Labute approximate surface area is 135 Å². The highest BCUT2D eigenvalue weighted by Crippen LogP contribution is 2.19. The molecule has 4 aromatic rings. The van der Waals surface area contributed by atoms with Gasteiger partial charge in [0, 0.05) is 12.1 Å². The van der Waals surface area contributed by atoms with Gasteiger partial charge in [-0.3, -0.25) is 9.36 Å². The Kier molecular flexibility index (Phi) is 3.26. The monoisotopic (exact) mass is 324 g/mol. The van der Waals surface area contributed by atoms with Crippen LogP contribution in [0.15, 0.2) is 47.5 Å². The van der Waals surface area contributed by atoms with Crippen molar-refractivity contribution < 1.29 is 9.13 Å². The number of hydrogen-bond donors (Lipinski definition) is 1. The van der Waals surface area contributed by atoms with Crippen LogP contribution in [0.2, 0.25) is 0 Å². The molecule has 120 valence electrons. The SMILES string of the molecule is COc1ccc2nc(Cn3cnc4cc(F)ccc4c3=O)[nH]c2c1. The van der Waals surface area contributed by atoms with Crippen molar-refractivity contribution >= 4 is 21.9 Å². The van der Waals surface area contributed by atoms with Gasteiger partial charge >= 0.3 is 0 Å². The van der Waals surface area contributed by atoms with Crippen molar-refractivity contribution in [3.05, 3.63) is 64.7 Å². The van der Waals surface area contributed by atoms with E-state index in [1.165, 1.54) is 29.1 Å². The molecule has 2 heterocycles. The minimum atomic E-state index is -0.418. The van der Waals surface area contributed by atoms with E-state index in [1.54, 1.807) is 7.11 Å². The zero-order chi connectivity index (χ0) is 16.7. The molecule has 7 heteroatoms. The molecule has 1 N–H and O–H groups in total. The molecule has 0 fully saturated rings. The smallest absolute Gasteiger partial charge is 0.261 e. The minimum absolute atomic E-state index is 0.238. The summed E-state index contributed by atoms with van der Waals surface area (Å²) in [6, 6.07) is 9.46. The fraction of sp³-hybridized carbons (Fsp3) is 0.118. The zero-order valence-corrected chi connectivity index (χ0v) is 12.8. The molecule has 0 spiro atoms. The number of methoxy groups -OCH3 is 1. The largest absolute Gasteiger partial charge is 0.497 e. The van der Waals surface area contributed by atoms with Crippen LogP contribution in [0.1, 0.15) is 5.82 Å². The third kappa shape index (κ3) is 2.40. The average Bonchev–Trinajstić information content (AvgIpc) is 2.98. The van der Waals surface area contributed by atoms with Gasteiger partial charge in [0.05, 0.1) is 41.9 Å². The number of hydrogen-bond acceptors (Lipinski definition) is 4. The number of halogens is 1. The number of nitrogens with one attached hydrogen (secondary N) is 1. The molecule has 2 aromatic heterocycles. The molecule has 0 atom stereocenters. The van der Waals surface area contributed by atoms with Gasteiger partial charge < -0.3 is 9.72 Å². The Bertz CT molecular complexity index is 1120. The third-order valence-corrected chi connectivity index (χ3v) is 3.85. The fourth-order valence-corrected chi connectivity index (χ4v) is 2.65. The maximum absolute atomic E-state index is 13.2. The lowest BCUT2D eigenvalue weighted by Crippen LogP contribution is -2.21. The number of aromatic amines is 1. The van der Waals surface area contributed by atoms with E-state index in [9.17, 15) is 9.18 Å². The highest BCUT2D eigenvalue weighted by molar-refractivity contribution is 5.78. The van der Waals surface area contributed by atoms with Crippen LogP contribution >= 0.6 is 0 Å². The molecule has 0 saturated heterocycles. The summed E-state index contributed by atoms with van der Waals surface area (Å²) in [7, 11) is 1.60. The molecule has 0 saturated carbocycles. The van der Waals surface area contributed by atoms with Gasteiger partial charge in [0.1, 0.15) is 17.4 Å². The number of nitrogens with zero attached hydrogens (tertiary/aromatic N) is 3. The number of benzene rings is 2. The van der Waals surface area contributed by atoms with Gasteiger partial charge in [-0.05, 0) is 24.3 Å². The highest BCUT2D eigenvalue weighted by Gasteiger charge is 2.09. The maximum atomic E-state index is 13.2. The van der Waals surface area contributed by atoms with Crippen molar-refractivity contribution in [3.63, 3.8) is 0 Å². The lowest BCUT2D eigenvalue weighted by Gasteiger charge is -2.04. The van der Waals surface area contributed by atoms with E-state index in [-0.39, 0.29) is 12.1 Å². The predicted molar refractivity (Wildman–Crippen MR) is 87.7 cm³/mol. The van der Waals surface area contributed by atoms with Gasteiger partial charge in [0.25, 0.3) is 5.56 Å². The highest BCUT2D eigenvalue weighted by atomic mass is 19.1. The van der Waals surface area contributed by atoms with Crippen LogP contribution in [0.3, 0.4) is 0 Å². The summed E-state index contributed by atoms with van der Waals surface area (Å²) in [5, 5.41) is 0.372. The van der Waals surface area contributed by atoms with Crippen molar-refractivity contribution in [2.24, 2.45) is 0 Å². The second-order valence-corrected chi connectivity index (χ2v) is 5.41. The summed E-state index contributed by atoms with van der Waals surface area (Å²) in [6.45, 7) is 0.246. The van der Waals surface area contributed by atoms with Crippen LogP contribution in [0.25, 0.3) is 21.9 Å². The number of H-pyrrole nitrogens is 1. The molecule has 6 nitrogen and oxygen atoms in total. The molecule has 0 radical (unpaired) electrons. The summed E-state index contributed by atoms with van der Waals surface area (Å²) in [6.07, 6.45) is 1.40. The summed E-state index contributed by atoms with van der Waals surface area (Å²) in [4.78, 5) is 24.3. The lowest BCUT2D eigenvalue weighted by atomic mass is 10.2. The lowest BCUT2D eigenvalue weighted by molar-refractivity contribution is 0.415. The van der Waals surface area contributed by atoms with Crippen molar-refractivity contribution in [1.29, 1.82) is 0 Å². The molecule has 0 amide bonds. The Morgan fingerprint density at radius 3 is 2.92 bits per heavy atom. The van der Waals surface area contributed by atoms with Crippen molar-refractivity contribution in [2.45, 2.75) is 6.54 Å². The van der Waals surface area contributed by atoms with Crippen LogP contribution in [-0.4, -0.2) is 26.6 Å².